The molecule has 0 bridgehead atoms. The van der Waals surface area contributed by atoms with Gasteiger partial charge in [0.1, 0.15) is 23.0 Å². The van der Waals surface area contributed by atoms with E-state index in [1.54, 1.807) is 0 Å². The Balaban J connectivity index is 3.25. The van der Waals surface area contributed by atoms with Crippen LogP contribution in [0.15, 0.2) is 6.33 Å². The fraction of sp³-hybridized carbons (Fsp3) is 0. The zero-order valence-electron chi connectivity index (χ0n) is 4.50. The highest BCUT2D eigenvalue weighted by Gasteiger charge is 1.99. The third-order valence-electron chi connectivity index (χ3n) is 0.843. The molecule has 48 valence electrons. The molecule has 1 rings (SSSR count). The molecule has 0 amide bonds. The average molecular weight is 145 g/mol. The van der Waals surface area contributed by atoms with E-state index in [0.717, 1.165) is 0 Å². The largest absolute Gasteiger partial charge is 0.382 e. The molecule has 0 unspecified atom stereocenters. The van der Waals surface area contributed by atoms with Gasteiger partial charge in [-0.3, -0.25) is 0 Å². The number of nitrogen functional groups attached to an aromatic ring is 2. The first-order chi connectivity index (χ1) is 4.22. The maximum absolute atomic E-state index is 5.50. The minimum atomic E-state index is 0.212. The van der Waals surface area contributed by atoms with Crippen molar-refractivity contribution in [3.05, 3.63) is 11.3 Å². The van der Waals surface area contributed by atoms with E-state index in [2.05, 4.69) is 9.97 Å². The fourth-order valence-corrected chi connectivity index (χ4v) is 0.495. The number of rotatable bonds is 0. The van der Waals surface area contributed by atoms with E-state index < -0.39 is 0 Å². The molecule has 0 aliphatic rings. The van der Waals surface area contributed by atoms with Crippen LogP contribution in [0.25, 0.3) is 0 Å². The molecular formula is C4H5ClN4. The first kappa shape index (κ1) is 6.10. The molecule has 0 spiro atoms. The Morgan fingerprint density at radius 1 is 1.22 bits per heavy atom. The second-order valence-corrected chi connectivity index (χ2v) is 1.84. The molecule has 0 radical (unpaired) electrons. The summed E-state index contributed by atoms with van der Waals surface area (Å²) < 4.78 is 0. The van der Waals surface area contributed by atoms with E-state index in [1.165, 1.54) is 6.33 Å². The van der Waals surface area contributed by atoms with E-state index in [0.29, 0.717) is 0 Å². The van der Waals surface area contributed by atoms with Gasteiger partial charge in [-0.05, 0) is 0 Å². The maximum Gasteiger partial charge on any atom is 0.147 e. The van der Waals surface area contributed by atoms with Crippen LogP contribution in [0.3, 0.4) is 0 Å². The Kier molecular flexibility index (Phi) is 1.40. The lowest BCUT2D eigenvalue weighted by molar-refractivity contribution is 1.19. The molecule has 0 fully saturated rings. The number of hydrogen-bond acceptors (Lipinski definition) is 4. The molecule has 4 nitrogen and oxygen atoms in total. The van der Waals surface area contributed by atoms with Gasteiger partial charge in [-0.25, -0.2) is 9.97 Å². The van der Waals surface area contributed by atoms with Crippen LogP contribution >= 0.6 is 11.6 Å². The van der Waals surface area contributed by atoms with Crippen molar-refractivity contribution in [2.45, 2.75) is 0 Å². The van der Waals surface area contributed by atoms with Crippen molar-refractivity contribution in [1.29, 1.82) is 0 Å². The molecule has 1 aromatic heterocycles. The third kappa shape index (κ3) is 1.02. The normalized spacial score (nSPS) is 9.44. The summed E-state index contributed by atoms with van der Waals surface area (Å²) in [7, 11) is 0. The monoisotopic (exact) mass is 144 g/mol. The Labute approximate surface area is 56.9 Å². The molecule has 0 atom stereocenters. The minimum Gasteiger partial charge on any atom is -0.382 e. The molecule has 1 aromatic rings. The van der Waals surface area contributed by atoms with Crippen LogP contribution in [-0.4, -0.2) is 9.97 Å². The van der Waals surface area contributed by atoms with E-state index in [9.17, 15) is 0 Å². The van der Waals surface area contributed by atoms with Crippen molar-refractivity contribution >= 4 is 23.2 Å². The highest BCUT2D eigenvalue weighted by atomic mass is 35.5. The summed E-state index contributed by atoms with van der Waals surface area (Å²) >= 11 is 5.50. The zero-order chi connectivity index (χ0) is 6.85. The quantitative estimate of drug-likeness (QED) is 0.549. The van der Waals surface area contributed by atoms with Crippen LogP contribution in [0.2, 0.25) is 5.02 Å². The topological polar surface area (TPSA) is 77.8 Å². The van der Waals surface area contributed by atoms with Gasteiger partial charge in [0, 0.05) is 0 Å². The number of halogens is 1. The summed E-state index contributed by atoms with van der Waals surface area (Å²) in [6, 6.07) is 0. The third-order valence-corrected chi connectivity index (χ3v) is 1.23. The van der Waals surface area contributed by atoms with Crippen LogP contribution in [0, 0.1) is 0 Å². The second-order valence-electron chi connectivity index (χ2n) is 1.46. The van der Waals surface area contributed by atoms with Gasteiger partial charge in [-0.15, -0.1) is 0 Å². The lowest BCUT2D eigenvalue weighted by Crippen LogP contribution is -1.97. The number of nitrogens with zero attached hydrogens (tertiary/aromatic N) is 2. The van der Waals surface area contributed by atoms with Gasteiger partial charge >= 0.3 is 0 Å². The van der Waals surface area contributed by atoms with E-state index in [1.807, 2.05) is 0 Å². The predicted molar refractivity (Wildman–Crippen MR) is 35.9 cm³/mol. The van der Waals surface area contributed by atoms with Crippen molar-refractivity contribution in [3.8, 4) is 0 Å². The predicted octanol–water partition coefficient (Wildman–Crippen LogP) is 0.294. The Hall–Kier alpha value is -1.03. The van der Waals surface area contributed by atoms with E-state index in [-0.39, 0.29) is 16.7 Å². The Bertz CT molecular complexity index is 204. The number of aromatic nitrogens is 2. The van der Waals surface area contributed by atoms with E-state index >= 15 is 0 Å². The molecule has 5 heteroatoms. The lowest BCUT2D eigenvalue weighted by atomic mass is 10.5. The minimum absolute atomic E-state index is 0.212. The van der Waals surface area contributed by atoms with Crippen LogP contribution < -0.4 is 11.5 Å². The SMILES string of the molecule is Nc1ncnc(N)c1Cl. The summed E-state index contributed by atoms with van der Waals surface area (Å²) in [5, 5.41) is 0.220. The number of anilines is 2. The van der Waals surface area contributed by atoms with Gasteiger partial charge < -0.3 is 11.5 Å². The molecule has 0 aliphatic heterocycles. The first-order valence-electron chi connectivity index (χ1n) is 2.23. The smallest absolute Gasteiger partial charge is 0.147 e. The van der Waals surface area contributed by atoms with Crippen LogP contribution in [0.5, 0.6) is 0 Å². The number of nitrogens with two attached hydrogens (primary N) is 2. The van der Waals surface area contributed by atoms with Crippen molar-refractivity contribution in [3.63, 3.8) is 0 Å². The van der Waals surface area contributed by atoms with Crippen LogP contribution in [-0.2, 0) is 0 Å². The molecule has 0 aromatic carbocycles. The maximum atomic E-state index is 5.50. The highest BCUT2D eigenvalue weighted by molar-refractivity contribution is 6.34. The summed E-state index contributed by atoms with van der Waals surface area (Å²) in [4.78, 5) is 7.19. The first-order valence-corrected chi connectivity index (χ1v) is 2.61. The molecule has 0 saturated heterocycles. The lowest BCUT2D eigenvalue weighted by Gasteiger charge is -1.96. The molecular weight excluding hydrogens is 140 g/mol. The standard InChI is InChI=1S/C4H5ClN4/c5-2-3(6)8-1-9-4(2)7/h1H,(H4,6,7,8,9). The molecule has 0 saturated carbocycles. The van der Waals surface area contributed by atoms with Gasteiger partial charge in [0.05, 0.1) is 0 Å². The van der Waals surface area contributed by atoms with E-state index in [4.69, 9.17) is 23.1 Å². The molecule has 9 heavy (non-hydrogen) atoms. The van der Waals surface area contributed by atoms with Crippen LogP contribution in [0.1, 0.15) is 0 Å². The second kappa shape index (κ2) is 2.06. The van der Waals surface area contributed by atoms with Gasteiger partial charge in [0.2, 0.25) is 0 Å². The Morgan fingerprint density at radius 3 is 2.00 bits per heavy atom. The molecule has 0 aliphatic carbocycles. The van der Waals surface area contributed by atoms with Gasteiger partial charge in [0.25, 0.3) is 0 Å². The Morgan fingerprint density at radius 2 is 1.67 bits per heavy atom. The van der Waals surface area contributed by atoms with Crippen molar-refractivity contribution in [2.24, 2.45) is 0 Å². The highest BCUT2D eigenvalue weighted by Crippen LogP contribution is 2.19. The summed E-state index contributed by atoms with van der Waals surface area (Å²) in [6.07, 6.45) is 1.26. The van der Waals surface area contributed by atoms with Gasteiger partial charge in [0.15, 0.2) is 0 Å². The summed E-state index contributed by atoms with van der Waals surface area (Å²) in [5.41, 5.74) is 10.5. The number of hydrogen-bond donors (Lipinski definition) is 2. The zero-order valence-corrected chi connectivity index (χ0v) is 5.26. The van der Waals surface area contributed by atoms with Crippen molar-refractivity contribution in [2.75, 3.05) is 11.5 Å². The molecule has 4 N–H and O–H groups in total. The van der Waals surface area contributed by atoms with Crippen molar-refractivity contribution in [1.82, 2.24) is 9.97 Å². The summed E-state index contributed by atoms with van der Waals surface area (Å²) in [5.74, 6) is 0.424. The fourth-order valence-electron chi connectivity index (χ4n) is 0.398. The van der Waals surface area contributed by atoms with Gasteiger partial charge in [-0.2, -0.15) is 0 Å². The molecule has 1 heterocycles. The van der Waals surface area contributed by atoms with Crippen LogP contribution in [0.4, 0.5) is 11.6 Å². The van der Waals surface area contributed by atoms with Crippen molar-refractivity contribution < 1.29 is 0 Å². The summed E-state index contributed by atoms with van der Waals surface area (Å²) in [6.45, 7) is 0. The van der Waals surface area contributed by atoms with Gasteiger partial charge in [-0.1, -0.05) is 11.6 Å². The average Bonchev–Trinajstić information content (AvgIpc) is 1.83.